The molecule has 4 saturated carbocycles. The van der Waals surface area contributed by atoms with E-state index >= 15 is 0 Å². The SMILES string of the molecule is CCCC[C@](C)(O)CCCC1CCC2C3CCC4C[C@@](C)(O)CCC4(C)C3CCC12C. The van der Waals surface area contributed by atoms with Gasteiger partial charge in [-0.05, 0) is 131 Å². The number of unbranched alkanes of at least 4 members (excludes halogenated alkanes) is 1. The second-order valence-electron chi connectivity index (χ2n) is 13.7. The molecule has 2 N–H and O–H groups in total. The first-order valence-electron chi connectivity index (χ1n) is 14.0. The molecular formula is C29H52O2. The van der Waals surface area contributed by atoms with Gasteiger partial charge in [-0.25, -0.2) is 0 Å². The van der Waals surface area contributed by atoms with Crippen LogP contribution in [0, 0.1) is 40.4 Å². The van der Waals surface area contributed by atoms with Crippen LogP contribution < -0.4 is 0 Å². The van der Waals surface area contributed by atoms with E-state index in [1.165, 1.54) is 64.2 Å². The van der Waals surface area contributed by atoms with Gasteiger partial charge in [-0.2, -0.15) is 0 Å². The summed E-state index contributed by atoms with van der Waals surface area (Å²) in [7, 11) is 0. The largest absolute Gasteiger partial charge is 0.390 e. The zero-order chi connectivity index (χ0) is 22.5. The Balaban J connectivity index is 1.39. The standard InChI is InChI=1S/C29H52O2/c1-6-7-15-26(2,30)16-8-9-21-11-13-24-23-12-10-22-20-27(3,31)18-19-29(22,5)25(23)14-17-28(21,24)4/h21-25,30-31H,6-20H2,1-5H3/t21?,22?,23?,24?,25?,26-,27-,28?,29?/m0/s1. The van der Waals surface area contributed by atoms with Crippen LogP contribution in [0.4, 0.5) is 0 Å². The third kappa shape index (κ3) is 4.51. The number of rotatable bonds is 7. The second-order valence-corrected chi connectivity index (χ2v) is 13.7. The van der Waals surface area contributed by atoms with Gasteiger partial charge in [0.05, 0.1) is 11.2 Å². The van der Waals surface area contributed by atoms with Crippen LogP contribution in [0.25, 0.3) is 0 Å². The van der Waals surface area contributed by atoms with Gasteiger partial charge in [-0.3, -0.25) is 0 Å². The van der Waals surface area contributed by atoms with Crippen molar-refractivity contribution in [2.24, 2.45) is 40.4 Å². The molecule has 4 rings (SSSR count). The molecule has 0 heterocycles. The van der Waals surface area contributed by atoms with E-state index in [1.54, 1.807) is 0 Å². The van der Waals surface area contributed by atoms with E-state index in [4.69, 9.17) is 0 Å². The Morgan fingerprint density at radius 3 is 2.29 bits per heavy atom. The van der Waals surface area contributed by atoms with E-state index in [9.17, 15) is 10.2 Å². The Hall–Kier alpha value is -0.0800. The quantitative estimate of drug-likeness (QED) is 0.437. The zero-order valence-corrected chi connectivity index (χ0v) is 21.4. The Labute approximate surface area is 193 Å². The Bertz CT molecular complexity index is 624. The maximum absolute atomic E-state index is 10.7. The third-order valence-electron chi connectivity index (χ3n) is 11.5. The molecule has 2 nitrogen and oxygen atoms in total. The highest BCUT2D eigenvalue weighted by atomic mass is 16.3. The summed E-state index contributed by atoms with van der Waals surface area (Å²) in [4.78, 5) is 0. The summed E-state index contributed by atoms with van der Waals surface area (Å²) in [5.41, 5.74) is 0.140. The number of fused-ring (bicyclic) bond motifs is 5. The van der Waals surface area contributed by atoms with Crippen molar-refractivity contribution in [3.63, 3.8) is 0 Å². The molecule has 0 saturated heterocycles. The zero-order valence-electron chi connectivity index (χ0n) is 21.4. The van der Waals surface area contributed by atoms with Gasteiger partial charge >= 0.3 is 0 Å². The number of hydrogen-bond acceptors (Lipinski definition) is 2. The second kappa shape index (κ2) is 8.61. The van der Waals surface area contributed by atoms with Crippen molar-refractivity contribution in [1.82, 2.24) is 0 Å². The van der Waals surface area contributed by atoms with E-state index in [1.807, 2.05) is 0 Å². The van der Waals surface area contributed by atoms with Gasteiger partial charge < -0.3 is 10.2 Å². The van der Waals surface area contributed by atoms with Gasteiger partial charge in [0, 0.05) is 0 Å². The minimum Gasteiger partial charge on any atom is -0.390 e. The van der Waals surface area contributed by atoms with Crippen molar-refractivity contribution in [3.05, 3.63) is 0 Å². The molecule has 0 spiro atoms. The van der Waals surface area contributed by atoms with Crippen molar-refractivity contribution in [3.8, 4) is 0 Å². The molecule has 31 heavy (non-hydrogen) atoms. The lowest BCUT2D eigenvalue weighted by molar-refractivity contribution is -0.146. The fraction of sp³-hybridized carbons (Fsp3) is 1.00. The number of aliphatic hydroxyl groups is 2. The Kier molecular flexibility index (Phi) is 6.68. The van der Waals surface area contributed by atoms with Crippen LogP contribution in [0.2, 0.25) is 0 Å². The first kappa shape index (κ1) is 24.1. The van der Waals surface area contributed by atoms with Gasteiger partial charge in [0.2, 0.25) is 0 Å². The molecule has 0 bridgehead atoms. The summed E-state index contributed by atoms with van der Waals surface area (Å²) in [5, 5.41) is 21.4. The molecule has 2 heteroatoms. The van der Waals surface area contributed by atoms with Crippen LogP contribution in [0.5, 0.6) is 0 Å². The highest BCUT2D eigenvalue weighted by Gasteiger charge is 2.60. The predicted octanol–water partition coefficient (Wildman–Crippen LogP) is 7.51. The summed E-state index contributed by atoms with van der Waals surface area (Å²) >= 11 is 0. The van der Waals surface area contributed by atoms with Gasteiger partial charge in [-0.1, -0.05) is 40.0 Å². The summed E-state index contributed by atoms with van der Waals surface area (Å²) in [6.45, 7) is 11.6. The summed E-state index contributed by atoms with van der Waals surface area (Å²) < 4.78 is 0. The van der Waals surface area contributed by atoms with Crippen molar-refractivity contribution in [1.29, 1.82) is 0 Å². The highest BCUT2D eigenvalue weighted by molar-refractivity contribution is 5.10. The molecule has 0 aromatic heterocycles. The summed E-state index contributed by atoms with van der Waals surface area (Å²) in [5.74, 6) is 4.37. The molecule has 0 aliphatic heterocycles. The lowest BCUT2D eigenvalue weighted by atomic mass is 9.44. The average molecular weight is 433 g/mol. The van der Waals surface area contributed by atoms with Crippen LogP contribution in [-0.2, 0) is 0 Å². The van der Waals surface area contributed by atoms with Crippen LogP contribution in [-0.4, -0.2) is 21.4 Å². The van der Waals surface area contributed by atoms with Crippen LogP contribution >= 0.6 is 0 Å². The van der Waals surface area contributed by atoms with Gasteiger partial charge in [0.15, 0.2) is 0 Å². The molecule has 4 aliphatic carbocycles. The number of hydrogen-bond donors (Lipinski definition) is 2. The Morgan fingerprint density at radius 1 is 0.839 bits per heavy atom. The average Bonchev–Trinajstić information content (AvgIpc) is 3.03. The van der Waals surface area contributed by atoms with Gasteiger partial charge in [0.25, 0.3) is 0 Å². The molecule has 0 amide bonds. The Morgan fingerprint density at radius 2 is 1.55 bits per heavy atom. The van der Waals surface area contributed by atoms with Crippen LogP contribution in [0.15, 0.2) is 0 Å². The molecule has 7 unspecified atom stereocenters. The van der Waals surface area contributed by atoms with Gasteiger partial charge in [0.1, 0.15) is 0 Å². The normalized spacial score (nSPS) is 49.1. The minimum atomic E-state index is -0.457. The van der Waals surface area contributed by atoms with E-state index in [-0.39, 0.29) is 0 Å². The van der Waals surface area contributed by atoms with Crippen molar-refractivity contribution < 1.29 is 10.2 Å². The molecule has 0 radical (unpaired) electrons. The molecule has 180 valence electrons. The van der Waals surface area contributed by atoms with E-state index in [0.717, 1.165) is 61.7 Å². The monoisotopic (exact) mass is 432 g/mol. The van der Waals surface area contributed by atoms with Gasteiger partial charge in [-0.15, -0.1) is 0 Å². The van der Waals surface area contributed by atoms with Crippen molar-refractivity contribution in [2.75, 3.05) is 0 Å². The van der Waals surface area contributed by atoms with E-state index in [0.29, 0.717) is 10.8 Å². The predicted molar refractivity (Wildman–Crippen MR) is 130 cm³/mol. The minimum absolute atomic E-state index is 0.420. The lowest BCUT2D eigenvalue weighted by Gasteiger charge is -2.62. The summed E-state index contributed by atoms with van der Waals surface area (Å²) in [6.07, 6.45) is 18.6. The fourth-order valence-corrected chi connectivity index (χ4v) is 9.43. The first-order chi connectivity index (χ1) is 14.5. The topological polar surface area (TPSA) is 40.5 Å². The fourth-order valence-electron chi connectivity index (χ4n) is 9.43. The first-order valence-corrected chi connectivity index (χ1v) is 14.0. The molecule has 4 aliphatic rings. The molecule has 9 atom stereocenters. The molecule has 0 aromatic carbocycles. The molecule has 4 fully saturated rings. The van der Waals surface area contributed by atoms with Crippen LogP contribution in [0.1, 0.15) is 131 Å². The molecular weight excluding hydrogens is 380 g/mol. The van der Waals surface area contributed by atoms with Crippen LogP contribution in [0.3, 0.4) is 0 Å². The maximum atomic E-state index is 10.7. The summed E-state index contributed by atoms with van der Waals surface area (Å²) in [6, 6.07) is 0. The highest BCUT2D eigenvalue weighted by Crippen LogP contribution is 2.68. The lowest BCUT2D eigenvalue weighted by Crippen LogP contribution is -2.55. The van der Waals surface area contributed by atoms with Crippen molar-refractivity contribution >= 4 is 0 Å². The van der Waals surface area contributed by atoms with E-state index in [2.05, 4.69) is 34.6 Å². The van der Waals surface area contributed by atoms with E-state index < -0.39 is 11.2 Å². The smallest absolute Gasteiger partial charge is 0.0622 e. The maximum Gasteiger partial charge on any atom is 0.0622 e. The molecule has 0 aromatic rings. The third-order valence-corrected chi connectivity index (χ3v) is 11.5. The van der Waals surface area contributed by atoms with Crippen molar-refractivity contribution in [2.45, 2.75) is 142 Å².